The lowest BCUT2D eigenvalue weighted by Gasteiger charge is -2.20. The molecule has 1 amide bonds. The molecule has 0 aliphatic carbocycles. The Kier molecular flexibility index (Phi) is 3.83. The molecule has 0 saturated carbocycles. The number of anilines is 1. The molecule has 5 rings (SSSR count). The second-order valence-corrected chi connectivity index (χ2v) is 6.93. The Morgan fingerprint density at radius 2 is 1.89 bits per heavy atom. The van der Waals surface area contributed by atoms with Gasteiger partial charge in [0.15, 0.2) is 5.82 Å². The van der Waals surface area contributed by atoms with Crippen LogP contribution in [0.2, 0.25) is 0 Å². The van der Waals surface area contributed by atoms with Crippen molar-refractivity contribution in [1.82, 2.24) is 19.7 Å². The first kappa shape index (κ1) is 16.5. The van der Waals surface area contributed by atoms with Crippen LogP contribution in [0.4, 0.5) is 5.69 Å². The lowest BCUT2D eigenvalue weighted by atomic mass is 10.1. The van der Waals surface area contributed by atoms with Crippen molar-refractivity contribution in [2.24, 2.45) is 7.05 Å². The number of nitrogens with zero attached hydrogens (tertiary/aromatic N) is 5. The fourth-order valence-electron chi connectivity index (χ4n) is 3.70. The molecule has 2 aliphatic rings. The molecule has 6 nitrogen and oxygen atoms in total. The Hall–Kier alpha value is -3.67. The minimum Gasteiger partial charge on any atom is -0.346 e. The first-order valence-corrected chi connectivity index (χ1v) is 9.20. The van der Waals surface area contributed by atoms with Gasteiger partial charge in [0, 0.05) is 49.2 Å². The SMILES string of the molecule is Cn1ncnc1-c1ccc(C(=O)N2C=C3CC=CN3Cc3ccccc32)cc1. The van der Waals surface area contributed by atoms with E-state index in [9.17, 15) is 4.79 Å². The van der Waals surface area contributed by atoms with Crippen molar-refractivity contribution in [2.75, 3.05) is 4.90 Å². The number of benzene rings is 2. The Morgan fingerprint density at radius 1 is 1.07 bits per heavy atom. The van der Waals surface area contributed by atoms with Gasteiger partial charge in [-0.2, -0.15) is 5.10 Å². The van der Waals surface area contributed by atoms with Gasteiger partial charge in [-0.3, -0.25) is 9.69 Å². The van der Waals surface area contributed by atoms with E-state index in [2.05, 4.69) is 33.3 Å². The number of carbonyl (C=O) groups is 1. The van der Waals surface area contributed by atoms with Gasteiger partial charge in [0.1, 0.15) is 6.33 Å². The number of rotatable bonds is 2. The molecule has 2 aromatic carbocycles. The quantitative estimate of drug-likeness (QED) is 0.691. The number of fused-ring (bicyclic) bond motifs is 2. The zero-order chi connectivity index (χ0) is 19.1. The normalized spacial score (nSPS) is 15.1. The third kappa shape index (κ3) is 2.70. The second-order valence-electron chi connectivity index (χ2n) is 6.93. The summed E-state index contributed by atoms with van der Waals surface area (Å²) in [7, 11) is 1.85. The summed E-state index contributed by atoms with van der Waals surface area (Å²) in [5, 5.41) is 4.10. The molecular weight excluding hydrogens is 350 g/mol. The maximum atomic E-state index is 13.4. The van der Waals surface area contributed by atoms with Crippen LogP contribution in [0.25, 0.3) is 11.4 Å². The summed E-state index contributed by atoms with van der Waals surface area (Å²) in [5.74, 6) is 0.729. The number of para-hydroxylation sites is 1. The van der Waals surface area contributed by atoms with Gasteiger partial charge in [-0.25, -0.2) is 9.67 Å². The highest BCUT2D eigenvalue weighted by molar-refractivity contribution is 6.08. The Balaban J connectivity index is 1.52. The number of hydrogen-bond acceptors (Lipinski definition) is 4. The van der Waals surface area contributed by atoms with Gasteiger partial charge in [-0.1, -0.05) is 36.4 Å². The van der Waals surface area contributed by atoms with Crippen molar-refractivity contribution >= 4 is 11.6 Å². The molecule has 0 radical (unpaired) electrons. The minimum absolute atomic E-state index is 0.0433. The van der Waals surface area contributed by atoms with E-state index in [-0.39, 0.29) is 5.91 Å². The number of amides is 1. The third-order valence-electron chi connectivity index (χ3n) is 5.17. The van der Waals surface area contributed by atoms with Crippen molar-refractivity contribution in [3.63, 3.8) is 0 Å². The maximum absolute atomic E-state index is 13.4. The highest BCUT2D eigenvalue weighted by Crippen LogP contribution is 2.33. The Morgan fingerprint density at radius 3 is 2.68 bits per heavy atom. The van der Waals surface area contributed by atoms with Crippen LogP contribution in [0.1, 0.15) is 22.3 Å². The van der Waals surface area contributed by atoms with Crippen LogP contribution in [0.3, 0.4) is 0 Å². The van der Waals surface area contributed by atoms with Gasteiger partial charge in [0.05, 0.1) is 5.69 Å². The molecule has 3 aromatic rings. The van der Waals surface area contributed by atoms with Crippen molar-refractivity contribution in [3.8, 4) is 11.4 Å². The highest BCUT2D eigenvalue weighted by Gasteiger charge is 2.25. The van der Waals surface area contributed by atoms with Crippen molar-refractivity contribution in [2.45, 2.75) is 13.0 Å². The number of hydrogen-bond donors (Lipinski definition) is 0. The van der Waals surface area contributed by atoms with E-state index in [1.807, 2.05) is 55.7 Å². The zero-order valence-corrected chi connectivity index (χ0v) is 15.5. The molecule has 0 N–H and O–H groups in total. The van der Waals surface area contributed by atoms with Gasteiger partial charge in [0.2, 0.25) is 0 Å². The fourth-order valence-corrected chi connectivity index (χ4v) is 3.70. The molecule has 0 fully saturated rings. The molecule has 0 unspecified atom stereocenters. The predicted molar refractivity (Wildman–Crippen MR) is 107 cm³/mol. The van der Waals surface area contributed by atoms with Gasteiger partial charge in [0.25, 0.3) is 5.91 Å². The molecule has 6 heteroatoms. The zero-order valence-electron chi connectivity index (χ0n) is 15.5. The average Bonchev–Trinajstić information content (AvgIpc) is 3.32. The molecule has 2 aliphatic heterocycles. The highest BCUT2D eigenvalue weighted by atomic mass is 16.2. The summed E-state index contributed by atoms with van der Waals surface area (Å²) in [6, 6.07) is 15.6. The second kappa shape index (κ2) is 6.49. The van der Waals surface area contributed by atoms with Crippen LogP contribution in [0, 0.1) is 0 Å². The number of aryl methyl sites for hydroxylation is 1. The molecule has 1 aromatic heterocycles. The maximum Gasteiger partial charge on any atom is 0.262 e. The Bertz CT molecular complexity index is 1110. The van der Waals surface area contributed by atoms with E-state index in [4.69, 9.17) is 0 Å². The molecule has 28 heavy (non-hydrogen) atoms. The van der Waals surface area contributed by atoms with E-state index >= 15 is 0 Å². The largest absolute Gasteiger partial charge is 0.346 e. The van der Waals surface area contributed by atoms with Crippen molar-refractivity contribution < 1.29 is 4.79 Å². The summed E-state index contributed by atoms with van der Waals surface area (Å²) in [5.41, 5.74) is 4.75. The summed E-state index contributed by atoms with van der Waals surface area (Å²) >= 11 is 0. The fraction of sp³-hybridized carbons (Fsp3) is 0.136. The molecule has 3 heterocycles. The van der Waals surface area contributed by atoms with Crippen LogP contribution < -0.4 is 4.90 Å². The first-order valence-electron chi connectivity index (χ1n) is 9.20. The Labute approximate surface area is 163 Å². The molecule has 0 spiro atoms. The number of aromatic nitrogens is 3. The van der Waals surface area contributed by atoms with Crippen molar-refractivity contribution in [3.05, 3.63) is 90.2 Å². The molecule has 138 valence electrons. The average molecular weight is 369 g/mol. The molecular formula is C22H19N5O. The third-order valence-corrected chi connectivity index (χ3v) is 5.17. The summed E-state index contributed by atoms with van der Waals surface area (Å²) in [6.45, 7) is 0.771. The van der Waals surface area contributed by atoms with E-state index in [0.29, 0.717) is 5.56 Å². The lowest BCUT2D eigenvalue weighted by molar-refractivity contribution is 0.0997. The van der Waals surface area contributed by atoms with Gasteiger partial charge >= 0.3 is 0 Å². The van der Waals surface area contributed by atoms with E-state index < -0.39 is 0 Å². The van der Waals surface area contributed by atoms with Gasteiger partial charge in [-0.15, -0.1) is 0 Å². The predicted octanol–water partition coefficient (Wildman–Crippen LogP) is 3.70. The topological polar surface area (TPSA) is 54.3 Å². The van der Waals surface area contributed by atoms with Crippen molar-refractivity contribution in [1.29, 1.82) is 0 Å². The van der Waals surface area contributed by atoms with E-state index in [1.54, 1.807) is 9.58 Å². The van der Waals surface area contributed by atoms with Crippen LogP contribution in [0.5, 0.6) is 0 Å². The van der Waals surface area contributed by atoms with Gasteiger partial charge in [-0.05, 0) is 23.8 Å². The standard InChI is InChI=1S/C22H19N5O/c1-25-21(23-15-24-25)16-8-10-17(11-9-16)22(28)27-14-19-6-4-12-26(19)13-18-5-2-3-7-20(18)27/h2-5,7-12,14-15H,6,13H2,1H3. The molecule has 0 atom stereocenters. The van der Waals surface area contributed by atoms with Crippen LogP contribution in [-0.2, 0) is 13.6 Å². The smallest absolute Gasteiger partial charge is 0.262 e. The minimum atomic E-state index is -0.0433. The van der Waals surface area contributed by atoms with Crippen LogP contribution in [0.15, 0.2) is 79.0 Å². The van der Waals surface area contributed by atoms with Gasteiger partial charge < -0.3 is 4.90 Å². The van der Waals surface area contributed by atoms with E-state index in [0.717, 1.165) is 41.3 Å². The number of allylic oxidation sites excluding steroid dienone is 1. The summed E-state index contributed by atoms with van der Waals surface area (Å²) in [4.78, 5) is 21.6. The number of carbonyl (C=O) groups excluding carboxylic acids is 1. The summed E-state index contributed by atoms with van der Waals surface area (Å²) in [6.07, 6.45) is 8.54. The summed E-state index contributed by atoms with van der Waals surface area (Å²) < 4.78 is 1.72. The van der Waals surface area contributed by atoms with Crippen LogP contribution in [-0.4, -0.2) is 25.6 Å². The monoisotopic (exact) mass is 369 g/mol. The molecule has 0 bridgehead atoms. The lowest BCUT2D eigenvalue weighted by Crippen LogP contribution is -2.26. The van der Waals surface area contributed by atoms with Crippen LogP contribution >= 0.6 is 0 Å². The molecule has 0 saturated heterocycles. The van der Waals surface area contributed by atoms with E-state index in [1.165, 1.54) is 6.33 Å². The first-order chi connectivity index (χ1) is 13.7.